The van der Waals surface area contributed by atoms with Gasteiger partial charge in [0.15, 0.2) is 5.92 Å². The molecule has 0 radical (unpaired) electrons. The normalized spacial score (nSPS) is 16.9. The maximum absolute atomic E-state index is 13.5. The average molecular weight is 450 g/mol. The molecule has 0 saturated carbocycles. The van der Waals surface area contributed by atoms with Crippen LogP contribution < -0.4 is 15.9 Å². The zero-order valence-corrected chi connectivity index (χ0v) is 18.6. The summed E-state index contributed by atoms with van der Waals surface area (Å²) in [5.41, 5.74) is 2.44. The van der Waals surface area contributed by atoms with Gasteiger partial charge in [-0.15, -0.1) is 0 Å². The second kappa shape index (κ2) is 8.83. The summed E-state index contributed by atoms with van der Waals surface area (Å²) in [5, 5.41) is 18.3. The predicted molar refractivity (Wildman–Crippen MR) is 127 cm³/mol. The van der Waals surface area contributed by atoms with Crippen LogP contribution in [0, 0.1) is 24.2 Å². The number of nitrogens with one attached hydrogen (secondary N) is 1. The number of allylic oxidation sites excluding steroid dienone is 8. The topological polar surface area (TPSA) is 97.0 Å². The van der Waals surface area contributed by atoms with E-state index < -0.39 is 17.6 Å². The van der Waals surface area contributed by atoms with Gasteiger partial charge >= 0.3 is 0 Å². The highest BCUT2D eigenvalue weighted by Gasteiger charge is 2.33. The van der Waals surface area contributed by atoms with E-state index in [1.807, 2.05) is 61.6 Å². The number of aryl methyl sites for hydroxylation is 1. The molecule has 2 aliphatic carbocycles. The molecule has 1 N–H and O–H groups in total. The minimum atomic E-state index is -1.55. The van der Waals surface area contributed by atoms with Crippen molar-refractivity contribution in [2.45, 2.75) is 25.8 Å². The zero-order chi connectivity index (χ0) is 23.7. The lowest BCUT2D eigenvalue weighted by molar-refractivity contribution is -0.117. The minimum Gasteiger partial charge on any atom is -0.464 e. The maximum Gasteiger partial charge on any atom is 0.249 e. The van der Waals surface area contributed by atoms with Crippen molar-refractivity contribution in [2.75, 3.05) is 5.32 Å². The molecule has 1 aromatic heterocycles. The first-order valence-corrected chi connectivity index (χ1v) is 11.1. The lowest BCUT2D eigenvalue weighted by Crippen LogP contribution is -2.39. The van der Waals surface area contributed by atoms with Gasteiger partial charge < -0.3 is 10.1 Å². The Morgan fingerprint density at radius 1 is 1.26 bits per heavy atom. The number of aromatic nitrogens is 2. The summed E-state index contributed by atoms with van der Waals surface area (Å²) in [6.45, 7) is 1.90. The Bertz CT molecular complexity index is 1470. The highest BCUT2D eigenvalue weighted by Crippen LogP contribution is 2.24. The molecule has 1 unspecified atom stereocenters. The molecule has 0 bridgehead atoms. The average Bonchev–Trinajstić information content (AvgIpc) is 3.25. The largest absolute Gasteiger partial charge is 0.464 e. The number of amides is 1. The molecule has 1 aromatic carbocycles. The second-order valence-corrected chi connectivity index (χ2v) is 8.30. The van der Waals surface area contributed by atoms with E-state index in [4.69, 9.17) is 4.74 Å². The van der Waals surface area contributed by atoms with Gasteiger partial charge in [0.05, 0.1) is 22.7 Å². The third-order valence-corrected chi connectivity index (χ3v) is 5.93. The van der Waals surface area contributed by atoms with E-state index in [0.29, 0.717) is 23.1 Å². The van der Waals surface area contributed by atoms with E-state index in [-0.39, 0.29) is 11.7 Å². The zero-order valence-electron chi connectivity index (χ0n) is 18.6. The first-order valence-electron chi connectivity index (χ1n) is 11.1. The summed E-state index contributed by atoms with van der Waals surface area (Å²) >= 11 is 0. The van der Waals surface area contributed by atoms with Crippen LogP contribution >= 0.6 is 0 Å². The first-order chi connectivity index (χ1) is 16.6. The van der Waals surface area contributed by atoms with Gasteiger partial charge in [0.2, 0.25) is 11.7 Å². The fraction of sp³-hybridized carbons (Fsp3) is 0.185. The number of Topliss-reactive ketones (excluding diaryl/α,β-unsaturated/α-hetero) is 1. The molecule has 0 fully saturated rings. The second-order valence-electron chi connectivity index (χ2n) is 8.30. The van der Waals surface area contributed by atoms with Crippen LogP contribution in [0.4, 0.5) is 5.69 Å². The molecule has 0 saturated heterocycles. The van der Waals surface area contributed by atoms with Crippen LogP contribution in [0.5, 0.6) is 0 Å². The molecule has 1 atom stereocenters. The van der Waals surface area contributed by atoms with E-state index in [1.165, 1.54) is 6.26 Å². The summed E-state index contributed by atoms with van der Waals surface area (Å²) in [5.74, 6) is -2.20. The van der Waals surface area contributed by atoms with Crippen molar-refractivity contribution in [3.63, 3.8) is 0 Å². The van der Waals surface area contributed by atoms with Gasteiger partial charge in [-0.25, -0.2) is 0 Å². The van der Waals surface area contributed by atoms with Crippen LogP contribution in [0.3, 0.4) is 0 Å². The van der Waals surface area contributed by atoms with Gasteiger partial charge in [0, 0.05) is 11.3 Å². The molecule has 7 heteroatoms. The van der Waals surface area contributed by atoms with E-state index in [0.717, 1.165) is 22.9 Å². The fourth-order valence-corrected chi connectivity index (χ4v) is 4.30. The van der Waals surface area contributed by atoms with Crippen LogP contribution in [0.2, 0.25) is 0 Å². The molecule has 3 aliphatic rings. The Hall–Kier alpha value is -4.44. The number of benzene rings is 1. The molecule has 7 nitrogen and oxygen atoms in total. The summed E-state index contributed by atoms with van der Waals surface area (Å²) in [4.78, 5) is 26.4. The number of ketones is 1. The molecule has 34 heavy (non-hydrogen) atoms. The predicted octanol–water partition coefficient (Wildman–Crippen LogP) is 2.97. The Balaban J connectivity index is 1.58. The van der Waals surface area contributed by atoms with Gasteiger partial charge in [0.1, 0.15) is 17.7 Å². The number of rotatable bonds is 5. The number of nitrogens with zero attached hydrogens (tertiary/aromatic N) is 3. The lowest BCUT2D eigenvalue weighted by atomic mass is 9.98. The molecule has 2 aromatic rings. The van der Waals surface area contributed by atoms with Crippen LogP contribution in [-0.4, -0.2) is 21.5 Å². The first kappa shape index (κ1) is 21.4. The van der Waals surface area contributed by atoms with Gasteiger partial charge in [-0.2, -0.15) is 10.4 Å². The number of carbonyl (C=O) groups excluding carboxylic acids is 2. The van der Waals surface area contributed by atoms with Gasteiger partial charge in [-0.05, 0) is 43.5 Å². The molecular formula is C27H22N4O3. The smallest absolute Gasteiger partial charge is 0.249 e. The van der Waals surface area contributed by atoms with E-state index in [1.54, 1.807) is 22.9 Å². The molecule has 1 aliphatic heterocycles. The Morgan fingerprint density at radius 2 is 2.09 bits per heavy atom. The van der Waals surface area contributed by atoms with Crippen LogP contribution in [0.1, 0.15) is 34.9 Å². The number of ether oxygens (including phenoxy) is 1. The minimum absolute atomic E-state index is 0.0504. The van der Waals surface area contributed by atoms with E-state index in [9.17, 15) is 14.9 Å². The van der Waals surface area contributed by atoms with Crippen molar-refractivity contribution in [1.29, 1.82) is 5.26 Å². The monoisotopic (exact) mass is 450 g/mol. The van der Waals surface area contributed by atoms with E-state index in [2.05, 4.69) is 10.4 Å². The number of fused-ring (bicyclic) bond motifs is 2. The number of hydrogen-bond acceptors (Lipinski definition) is 5. The number of nitriles is 1. The van der Waals surface area contributed by atoms with Crippen molar-refractivity contribution in [2.24, 2.45) is 5.92 Å². The molecule has 2 heterocycles. The Morgan fingerprint density at radius 3 is 2.85 bits per heavy atom. The Labute approximate surface area is 196 Å². The van der Waals surface area contributed by atoms with Crippen molar-refractivity contribution in [3.8, 4) is 6.07 Å². The van der Waals surface area contributed by atoms with Gasteiger partial charge in [-0.3, -0.25) is 14.3 Å². The van der Waals surface area contributed by atoms with Gasteiger partial charge in [0.25, 0.3) is 0 Å². The van der Waals surface area contributed by atoms with E-state index >= 15 is 0 Å². The third-order valence-electron chi connectivity index (χ3n) is 5.93. The number of anilines is 1. The highest BCUT2D eigenvalue weighted by molar-refractivity contribution is 6.15. The van der Waals surface area contributed by atoms with Crippen molar-refractivity contribution < 1.29 is 14.3 Å². The molecule has 1 amide bonds. The maximum atomic E-state index is 13.5. The number of hydrogen-bond donors (Lipinski definition) is 1. The van der Waals surface area contributed by atoms with Crippen molar-refractivity contribution >= 4 is 29.2 Å². The Kier molecular flexibility index (Phi) is 5.56. The standard InChI is InChI=1S/C27H22N4O3/c1-17-8-7-9-18(14-17)29-27(33)21(15-28)26(32)24-22-16-34-23-13-6-5-12-20(23)25(22)31(30-24)19-10-3-2-4-11-19/h3-11,13-14,16,19,21H,2,12H2,1H3,(H,29,33). The lowest BCUT2D eigenvalue weighted by Gasteiger charge is -2.18. The number of carbonyl (C=O) groups is 2. The summed E-state index contributed by atoms with van der Waals surface area (Å²) < 4.78 is 7.59. The SMILES string of the molecule is Cc1cccc(NC(=O)C(C#N)C(=O)c2nn(C3C=CCC=C3)c3c2=COC2=CC=CCC=32)c1. The molecular weight excluding hydrogens is 428 g/mol. The summed E-state index contributed by atoms with van der Waals surface area (Å²) in [6, 6.07) is 8.86. The van der Waals surface area contributed by atoms with Gasteiger partial charge in [-0.1, -0.05) is 48.6 Å². The third kappa shape index (κ3) is 3.80. The van der Waals surface area contributed by atoms with Crippen LogP contribution in [0.15, 0.2) is 72.6 Å². The van der Waals surface area contributed by atoms with Crippen molar-refractivity contribution in [1.82, 2.24) is 9.78 Å². The van der Waals surface area contributed by atoms with Crippen LogP contribution in [0.25, 0.3) is 11.8 Å². The molecule has 168 valence electrons. The molecule has 5 rings (SSSR count). The quantitative estimate of drug-likeness (QED) is 0.429. The van der Waals surface area contributed by atoms with Crippen LogP contribution in [-0.2, 0) is 9.53 Å². The highest BCUT2D eigenvalue weighted by atomic mass is 16.5. The molecule has 0 spiro atoms. The summed E-state index contributed by atoms with van der Waals surface area (Å²) in [7, 11) is 0. The fourth-order valence-electron chi connectivity index (χ4n) is 4.30. The summed E-state index contributed by atoms with van der Waals surface area (Å²) in [6.07, 6.45) is 16.9. The van der Waals surface area contributed by atoms with Crippen molar-refractivity contribution in [3.05, 3.63) is 94.4 Å².